The average Bonchev–Trinajstić information content (AvgIpc) is 3.66. The normalized spacial score (nSPS) is 22.0. The van der Waals surface area contributed by atoms with Crippen molar-refractivity contribution in [1.29, 1.82) is 0 Å². The fourth-order valence-electron chi connectivity index (χ4n) is 2.85. The summed E-state index contributed by atoms with van der Waals surface area (Å²) in [4.78, 5) is 12.3. The van der Waals surface area contributed by atoms with Gasteiger partial charge in [0.15, 0.2) is 0 Å². The fourth-order valence-corrected chi connectivity index (χ4v) is 2.85. The first-order valence-electron chi connectivity index (χ1n) is 10.0. The number of epoxide rings is 2. The van der Waals surface area contributed by atoms with Gasteiger partial charge in [-0.3, -0.25) is 0 Å². The van der Waals surface area contributed by atoms with Gasteiger partial charge in [0, 0.05) is 6.42 Å². The van der Waals surface area contributed by atoms with Crippen molar-refractivity contribution in [2.45, 2.75) is 37.9 Å². The van der Waals surface area contributed by atoms with Gasteiger partial charge in [-0.05, 0) is 68.3 Å². The van der Waals surface area contributed by atoms with Crippen molar-refractivity contribution < 1.29 is 28.5 Å². The Kier molecular flexibility index (Phi) is 6.02. The van der Waals surface area contributed by atoms with E-state index in [1.807, 2.05) is 0 Å². The van der Waals surface area contributed by atoms with Gasteiger partial charge in [-0.25, -0.2) is 4.79 Å². The number of carbonyl (C=O) groups is 1. The Balaban J connectivity index is 1.20. The lowest BCUT2D eigenvalue weighted by Gasteiger charge is -2.09. The second-order valence-corrected chi connectivity index (χ2v) is 7.67. The zero-order valence-corrected chi connectivity index (χ0v) is 16.6. The summed E-state index contributed by atoms with van der Waals surface area (Å²) in [5.74, 6) is 1.55. The molecular formula is C23H26O6. The molecule has 0 saturated carbocycles. The predicted molar refractivity (Wildman–Crippen MR) is 107 cm³/mol. The molecule has 6 heteroatoms. The third kappa shape index (κ3) is 6.21. The van der Waals surface area contributed by atoms with Crippen LogP contribution in [0.2, 0.25) is 0 Å². The largest absolute Gasteiger partial charge is 0.494 e. The zero-order chi connectivity index (χ0) is 20.1. The highest BCUT2D eigenvalue weighted by molar-refractivity contribution is 5.91. The molecule has 2 aromatic carbocycles. The maximum Gasteiger partial charge on any atom is 0.343 e. The van der Waals surface area contributed by atoms with Crippen molar-refractivity contribution in [3.63, 3.8) is 0 Å². The van der Waals surface area contributed by atoms with E-state index < -0.39 is 5.97 Å². The molecule has 2 aliphatic heterocycles. The molecular weight excluding hydrogens is 372 g/mol. The van der Waals surface area contributed by atoms with Crippen LogP contribution in [0.15, 0.2) is 48.5 Å². The lowest BCUT2D eigenvalue weighted by Crippen LogP contribution is -2.11. The Morgan fingerprint density at radius 3 is 2.21 bits per heavy atom. The number of hydrogen-bond donors (Lipinski definition) is 0. The van der Waals surface area contributed by atoms with Crippen molar-refractivity contribution in [3.8, 4) is 17.2 Å². The maximum absolute atomic E-state index is 12.3. The molecule has 29 heavy (non-hydrogen) atoms. The van der Waals surface area contributed by atoms with Crippen molar-refractivity contribution in [2.75, 3.05) is 26.4 Å². The number of benzene rings is 2. The van der Waals surface area contributed by atoms with Crippen molar-refractivity contribution in [2.24, 2.45) is 0 Å². The summed E-state index contributed by atoms with van der Waals surface area (Å²) in [6.45, 7) is 4.99. The van der Waals surface area contributed by atoms with Gasteiger partial charge < -0.3 is 23.7 Å². The first-order chi connectivity index (χ1) is 14.1. The third-order valence-corrected chi connectivity index (χ3v) is 5.00. The van der Waals surface area contributed by atoms with Gasteiger partial charge in [0.25, 0.3) is 0 Å². The van der Waals surface area contributed by atoms with Gasteiger partial charge in [0.2, 0.25) is 0 Å². The molecule has 2 atom stereocenters. The fraction of sp³-hybridized carbons (Fsp3) is 0.435. The third-order valence-electron chi connectivity index (χ3n) is 5.00. The van der Waals surface area contributed by atoms with Crippen molar-refractivity contribution >= 4 is 5.97 Å². The van der Waals surface area contributed by atoms with E-state index in [0.29, 0.717) is 30.6 Å². The number of hydrogen-bond acceptors (Lipinski definition) is 6. The molecule has 0 bridgehead atoms. The Labute approximate surface area is 170 Å². The summed E-state index contributed by atoms with van der Waals surface area (Å²) in [6.07, 6.45) is 3.28. The minimum Gasteiger partial charge on any atom is -0.494 e. The second kappa shape index (κ2) is 8.84. The van der Waals surface area contributed by atoms with E-state index in [9.17, 15) is 4.79 Å². The summed E-state index contributed by atoms with van der Waals surface area (Å²) < 4.78 is 27.3. The number of ether oxygens (including phenoxy) is 5. The molecule has 2 aliphatic rings. The highest BCUT2D eigenvalue weighted by atomic mass is 16.6. The highest BCUT2D eigenvalue weighted by Gasteiger charge is 2.38. The van der Waals surface area contributed by atoms with E-state index in [2.05, 4.69) is 6.92 Å². The van der Waals surface area contributed by atoms with Crippen LogP contribution in [-0.4, -0.2) is 44.1 Å². The van der Waals surface area contributed by atoms with Crippen LogP contribution in [0.4, 0.5) is 0 Å². The smallest absolute Gasteiger partial charge is 0.343 e. The van der Waals surface area contributed by atoms with Crippen LogP contribution in [0.1, 0.15) is 36.5 Å². The molecule has 2 unspecified atom stereocenters. The van der Waals surface area contributed by atoms with Crippen molar-refractivity contribution in [1.82, 2.24) is 0 Å². The topological polar surface area (TPSA) is 69.8 Å². The van der Waals surface area contributed by atoms with E-state index in [0.717, 1.165) is 44.0 Å². The van der Waals surface area contributed by atoms with E-state index in [1.165, 1.54) is 0 Å². The van der Waals surface area contributed by atoms with E-state index in [4.69, 9.17) is 23.7 Å². The summed E-state index contributed by atoms with van der Waals surface area (Å²) in [5, 5.41) is 0. The first kappa shape index (κ1) is 19.7. The average molecular weight is 398 g/mol. The molecule has 2 fully saturated rings. The van der Waals surface area contributed by atoms with E-state index in [-0.39, 0.29) is 5.60 Å². The maximum atomic E-state index is 12.3. The van der Waals surface area contributed by atoms with Crippen molar-refractivity contribution in [3.05, 3.63) is 54.1 Å². The Morgan fingerprint density at radius 1 is 1.00 bits per heavy atom. The zero-order valence-electron chi connectivity index (χ0n) is 16.6. The monoisotopic (exact) mass is 398 g/mol. The molecule has 0 N–H and O–H groups in total. The van der Waals surface area contributed by atoms with Crippen LogP contribution < -0.4 is 14.2 Å². The predicted octanol–water partition coefficient (Wildman–Crippen LogP) is 4.02. The molecule has 0 aliphatic carbocycles. The Hall–Kier alpha value is -2.57. The van der Waals surface area contributed by atoms with Gasteiger partial charge >= 0.3 is 5.97 Å². The van der Waals surface area contributed by atoms with Gasteiger partial charge in [-0.15, -0.1) is 0 Å². The molecule has 154 valence electrons. The SMILES string of the molecule is CC1(CCOc2ccc(OC(=O)c3ccc(OCCCC4CO4)cc3)cc2)CO1. The van der Waals surface area contributed by atoms with Crippen LogP contribution in [0, 0.1) is 0 Å². The number of esters is 1. The second-order valence-electron chi connectivity index (χ2n) is 7.67. The van der Waals surface area contributed by atoms with E-state index >= 15 is 0 Å². The molecule has 6 nitrogen and oxygen atoms in total. The van der Waals surface area contributed by atoms with Crippen LogP contribution in [0.3, 0.4) is 0 Å². The lowest BCUT2D eigenvalue weighted by atomic mass is 10.1. The molecule has 2 heterocycles. The number of carbonyl (C=O) groups excluding carboxylic acids is 1. The van der Waals surface area contributed by atoms with Crippen LogP contribution in [0.25, 0.3) is 0 Å². The molecule has 0 amide bonds. The molecule has 2 saturated heterocycles. The molecule has 2 aromatic rings. The summed E-state index contributed by atoms with van der Waals surface area (Å²) in [6, 6.07) is 14.0. The van der Waals surface area contributed by atoms with Gasteiger partial charge in [-0.1, -0.05) is 0 Å². The minimum atomic E-state index is -0.407. The van der Waals surface area contributed by atoms with Gasteiger partial charge in [0.05, 0.1) is 43.7 Å². The summed E-state index contributed by atoms with van der Waals surface area (Å²) in [5.41, 5.74) is 0.462. The molecule has 4 rings (SSSR count). The van der Waals surface area contributed by atoms with Gasteiger partial charge in [0.1, 0.15) is 17.2 Å². The van der Waals surface area contributed by atoms with Crippen LogP contribution >= 0.6 is 0 Å². The quantitative estimate of drug-likeness (QED) is 0.246. The van der Waals surface area contributed by atoms with Crippen LogP contribution in [-0.2, 0) is 9.47 Å². The molecule has 0 radical (unpaired) electrons. The summed E-state index contributed by atoms with van der Waals surface area (Å²) in [7, 11) is 0. The summed E-state index contributed by atoms with van der Waals surface area (Å²) >= 11 is 0. The Morgan fingerprint density at radius 2 is 1.59 bits per heavy atom. The highest BCUT2D eigenvalue weighted by Crippen LogP contribution is 2.30. The lowest BCUT2D eigenvalue weighted by molar-refractivity contribution is 0.0734. The molecule has 0 aromatic heterocycles. The van der Waals surface area contributed by atoms with Gasteiger partial charge in [-0.2, -0.15) is 0 Å². The first-order valence-corrected chi connectivity index (χ1v) is 10.0. The number of rotatable bonds is 11. The standard InChI is InChI=1S/C23H26O6/c1-23(16-28-23)12-14-26-19-8-10-20(11-9-19)29-22(24)17-4-6-18(7-5-17)25-13-2-3-21-15-27-21/h4-11,21H,2-3,12-16H2,1H3. The Bertz CT molecular complexity index is 806. The van der Waals surface area contributed by atoms with E-state index in [1.54, 1.807) is 48.5 Å². The van der Waals surface area contributed by atoms with Crippen LogP contribution in [0.5, 0.6) is 17.2 Å². The molecule has 0 spiro atoms. The minimum absolute atomic E-state index is 0.0123.